The fourth-order valence-corrected chi connectivity index (χ4v) is 3.09. The van der Waals surface area contributed by atoms with Gasteiger partial charge >= 0.3 is 17.9 Å². The van der Waals surface area contributed by atoms with Crippen molar-refractivity contribution >= 4 is 17.9 Å². The summed E-state index contributed by atoms with van der Waals surface area (Å²) in [6.45, 7) is 0. The molecule has 1 fully saturated rings. The van der Waals surface area contributed by atoms with Crippen LogP contribution in [-0.2, 0) is 23.7 Å². The molecule has 166 valence electrons. The summed E-state index contributed by atoms with van der Waals surface area (Å²) in [6, 6.07) is 15.7. The largest absolute Gasteiger partial charge is 0.467 e. The molecule has 0 radical (unpaired) electrons. The Kier molecular flexibility index (Phi) is 7.40. The highest BCUT2D eigenvalue weighted by molar-refractivity contribution is 5.90. The topological polar surface area (TPSA) is 157 Å². The number of carbonyl (C=O) groups is 3. The summed E-state index contributed by atoms with van der Waals surface area (Å²) in [7, 11) is 1.06. The highest BCUT2D eigenvalue weighted by atomic mass is 16.6. The van der Waals surface area contributed by atoms with Crippen molar-refractivity contribution in [1.29, 1.82) is 0 Å². The second-order valence-corrected chi connectivity index (χ2v) is 6.64. The lowest BCUT2D eigenvalue weighted by atomic mass is 9.97. The summed E-state index contributed by atoms with van der Waals surface area (Å²) in [4.78, 5) is 40.0. The van der Waals surface area contributed by atoms with Crippen LogP contribution in [-0.4, -0.2) is 60.8 Å². The molecule has 3 rings (SSSR count). The Hall–Kier alpha value is -3.92. The molecule has 1 N–H and O–H groups in total. The van der Waals surface area contributed by atoms with Crippen molar-refractivity contribution in [3.63, 3.8) is 0 Å². The monoisotopic (exact) mass is 441 g/mol. The molecule has 1 saturated heterocycles. The molecule has 0 aromatic heterocycles. The molecule has 0 aliphatic carbocycles. The van der Waals surface area contributed by atoms with Crippen LogP contribution in [0.15, 0.2) is 65.8 Å². The Morgan fingerprint density at radius 1 is 0.938 bits per heavy atom. The van der Waals surface area contributed by atoms with Gasteiger partial charge in [0.25, 0.3) is 0 Å². The lowest BCUT2D eigenvalue weighted by molar-refractivity contribution is -0.227. The molecule has 0 amide bonds. The van der Waals surface area contributed by atoms with E-state index in [-0.39, 0.29) is 11.1 Å². The molecule has 11 nitrogen and oxygen atoms in total. The number of rotatable bonds is 6. The molecule has 0 bridgehead atoms. The van der Waals surface area contributed by atoms with Gasteiger partial charge in [-0.1, -0.05) is 41.5 Å². The van der Waals surface area contributed by atoms with Gasteiger partial charge in [-0.05, 0) is 29.8 Å². The lowest BCUT2D eigenvalue weighted by Gasteiger charge is -2.40. The number of ether oxygens (including phenoxy) is 4. The SMILES string of the molecule is COC(=O)[C@H]1O[C@@H](N=[N+]=[N-])[C@H](OC(=O)c2ccccc2)[C@@H](OC(=O)c2ccccc2)[C@@H]1O. The number of hydrogen-bond acceptors (Lipinski definition) is 9. The van der Waals surface area contributed by atoms with E-state index in [4.69, 9.17) is 19.7 Å². The van der Waals surface area contributed by atoms with Crippen LogP contribution >= 0.6 is 0 Å². The minimum absolute atomic E-state index is 0.147. The van der Waals surface area contributed by atoms with Gasteiger partial charge in [-0.3, -0.25) is 0 Å². The Balaban J connectivity index is 1.95. The first-order valence-electron chi connectivity index (χ1n) is 9.44. The highest BCUT2D eigenvalue weighted by Crippen LogP contribution is 2.29. The van der Waals surface area contributed by atoms with Crippen LogP contribution in [0.3, 0.4) is 0 Å². The zero-order chi connectivity index (χ0) is 23.1. The fraction of sp³-hybridized carbons (Fsp3) is 0.286. The molecule has 1 heterocycles. The predicted octanol–water partition coefficient (Wildman–Crippen LogP) is 2.01. The molecule has 11 heteroatoms. The number of aliphatic hydroxyl groups excluding tert-OH is 1. The first kappa shape index (κ1) is 22.8. The molecule has 2 aromatic rings. The third kappa shape index (κ3) is 5.03. The molecule has 32 heavy (non-hydrogen) atoms. The average Bonchev–Trinajstić information content (AvgIpc) is 2.83. The highest BCUT2D eigenvalue weighted by Gasteiger charge is 2.52. The number of esters is 3. The number of hydrogen-bond donors (Lipinski definition) is 1. The lowest BCUT2D eigenvalue weighted by Crippen LogP contribution is -2.61. The molecule has 5 atom stereocenters. The summed E-state index contributed by atoms with van der Waals surface area (Å²) < 4.78 is 20.8. The average molecular weight is 441 g/mol. The minimum Gasteiger partial charge on any atom is -0.467 e. The molecule has 1 aliphatic rings. The maximum absolute atomic E-state index is 12.6. The van der Waals surface area contributed by atoms with E-state index in [9.17, 15) is 19.5 Å². The zero-order valence-corrected chi connectivity index (χ0v) is 16.8. The molecule has 2 aromatic carbocycles. The van der Waals surface area contributed by atoms with Gasteiger partial charge in [0.1, 0.15) is 6.10 Å². The first-order valence-corrected chi connectivity index (χ1v) is 9.44. The summed E-state index contributed by atoms with van der Waals surface area (Å²) in [5.41, 5.74) is 9.24. The maximum atomic E-state index is 12.6. The fourth-order valence-electron chi connectivity index (χ4n) is 3.09. The second-order valence-electron chi connectivity index (χ2n) is 6.64. The van der Waals surface area contributed by atoms with Crippen LogP contribution in [0.25, 0.3) is 10.4 Å². The molecule has 1 aliphatic heterocycles. The van der Waals surface area contributed by atoms with Crippen molar-refractivity contribution in [2.24, 2.45) is 5.11 Å². The van der Waals surface area contributed by atoms with E-state index in [0.29, 0.717) is 0 Å². The summed E-state index contributed by atoms with van der Waals surface area (Å²) in [5.74, 6) is -2.70. The van der Waals surface area contributed by atoms with Gasteiger partial charge in [0.2, 0.25) is 0 Å². The van der Waals surface area contributed by atoms with E-state index in [1.54, 1.807) is 36.4 Å². The number of aliphatic hydroxyl groups is 1. The summed E-state index contributed by atoms with van der Waals surface area (Å²) in [5, 5.41) is 14.2. The van der Waals surface area contributed by atoms with Crippen molar-refractivity contribution < 1.29 is 38.4 Å². The van der Waals surface area contributed by atoms with Crippen LogP contribution in [0.1, 0.15) is 20.7 Å². The normalized spacial score (nSPS) is 24.5. The van der Waals surface area contributed by atoms with Crippen molar-refractivity contribution in [3.8, 4) is 0 Å². The first-order chi connectivity index (χ1) is 15.5. The predicted molar refractivity (Wildman–Crippen MR) is 107 cm³/mol. The number of azide groups is 1. The molecular weight excluding hydrogens is 422 g/mol. The third-order valence-corrected chi connectivity index (χ3v) is 4.64. The van der Waals surface area contributed by atoms with Gasteiger partial charge in [0.05, 0.1) is 18.2 Å². The van der Waals surface area contributed by atoms with Crippen LogP contribution < -0.4 is 0 Å². The molecule has 0 spiro atoms. The molecule has 0 unspecified atom stereocenters. The molecule has 0 saturated carbocycles. The number of methoxy groups -OCH3 is 1. The van der Waals surface area contributed by atoms with Crippen molar-refractivity contribution in [2.75, 3.05) is 7.11 Å². The van der Waals surface area contributed by atoms with Gasteiger partial charge < -0.3 is 24.1 Å². The van der Waals surface area contributed by atoms with Gasteiger partial charge in [-0.2, -0.15) is 0 Å². The zero-order valence-electron chi connectivity index (χ0n) is 16.8. The van der Waals surface area contributed by atoms with Crippen LogP contribution in [0.4, 0.5) is 0 Å². The minimum atomic E-state index is -1.78. The Morgan fingerprint density at radius 2 is 1.44 bits per heavy atom. The van der Waals surface area contributed by atoms with Gasteiger partial charge in [-0.15, -0.1) is 0 Å². The Morgan fingerprint density at radius 3 is 1.91 bits per heavy atom. The quantitative estimate of drug-likeness (QED) is 0.234. The van der Waals surface area contributed by atoms with Crippen molar-refractivity contribution in [3.05, 3.63) is 82.2 Å². The van der Waals surface area contributed by atoms with Crippen LogP contribution in [0.2, 0.25) is 0 Å². The van der Waals surface area contributed by atoms with E-state index in [2.05, 4.69) is 14.8 Å². The van der Waals surface area contributed by atoms with E-state index < -0.39 is 48.6 Å². The number of benzene rings is 2. The maximum Gasteiger partial charge on any atom is 0.338 e. The Labute approximate surface area is 182 Å². The summed E-state index contributed by atoms with van der Waals surface area (Å²) in [6.07, 6.45) is -8.19. The standard InChI is InChI=1S/C21H19N3O8/c1-29-21(28)16-14(25)15(31-19(26)12-8-4-2-5-9-12)17(18(30-16)23-24-22)32-20(27)13-10-6-3-7-11-13/h2-11,14-18,25H,1H3/t14-,15-,16-,17+,18+/m0/s1. The number of nitrogens with zero attached hydrogens (tertiary/aromatic N) is 3. The second kappa shape index (κ2) is 10.4. The van der Waals surface area contributed by atoms with Crippen molar-refractivity contribution in [1.82, 2.24) is 0 Å². The van der Waals surface area contributed by atoms with E-state index in [0.717, 1.165) is 7.11 Å². The van der Waals surface area contributed by atoms with Gasteiger partial charge in [-0.25, -0.2) is 14.4 Å². The van der Waals surface area contributed by atoms with E-state index in [1.807, 2.05) is 0 Å². The third-order valence-electron chi connectivity index (χ3n) is 4.64. The van der Waals surface area contributed by atoms with Gasteiger partial charge in [0, 0.05) is 4.91 Å². The van der Waals surface area contributed by atoms with E-state index >= 15 is 0 Å². The van der Waals surface area contributed by atoms with E-state index in [1.165, 1.54) is 24.3 Å². The molecular formula is C21H19N3O8. The van der Waals surface area contributed by atoms with Gasteiger partial charge in [0.15, 0.2) is 24.5 Å². The Bertz CT molecular complexity index is 1010. The number of carbonyl (C=O) groups excluding carboxylic acids is 3. The smallest absolute Gasteiger partial charge is 0.338 e. The van der Waals surface area contributed by atoms with Crippen LogP contribution in [0, 0.1) is 0 Å². The summed E-state index contributed by atoms with van der Waals surface area (Å²) >= 11 is 0. The van der Waals surface area contributed by atoms with Crippen LogP contribution in [0.5, 0.6) is 0 Å². The van der Waals surface area contributed by atoms with Crippen molar-refractivity contribution in [2.45, 2.75) is 30.6 Å².